The molecule has 0 heterocycles. The van der Waals surface area contributed by atoms with Crippen molar-refractivity contribution in [3.8, 4) is 0 Å². The molecule has 2 aromatic rings. The van der Waals surface area contributed by atoms with E-state index in [-0.39, 0.29) is 22.9 Å². The van der Waals surface area contributed by atoms with Crippen LogP contribution in [0.1, 0.15) is 11.1 Å². The number of nitrogens with zero attached hydrogens (tertiary/aromatic N) is 1. The van der Waals surface area contributed by atoms with Gasteiger partial charge in [0.25, 0.3) is 0 Å². The molecule has 6 heteroatoms. The zero-order valence-electron chi connectivity index (χ0n) is 11.5. The molecule has 0 spiro atoms. The van der Waals surface area contributed by atoms with Crippen molar-refractivity contribution in [1.82, 2.24) is 4.31 Å². The summed E-state index contributed by atoms with van der Waals surface area (Å²) < 4.78 is 39.4. The van der Waals surface area contributed by atoms with E-state index in [1.54, 1.807) is 24.3 Å². The van der Waals surface area contributed by atoms with Gasteiger partial charge in [-0.3, -0.25) is 0 Å². The second kappa shape index (κ2) is 6.56. The van der Waals surface area contributed by atoms with Gasteiger partial charge < -0.3 is 0 Å². The van der Waals surface area contributed by atoms with E-state index in [4.69, 9.17) is 11.6 Å². The largest absolute Gasteiger partial charge is 0.218 e. The maximum absolute atomic E-state index is 13.7. The van der Waals surface area contributed by atoms with Crippen LogP contribution in [0.15, 0.2) is 48.5 Å². The highest BCUT2D eigenvalue weighted by molar-refractivity contribution is 7.88. The van der Waals surface area contributed by atoms with Crippen LogP contribution < -0.4 is 0 Å². The lowest BCUT2D eigenvalue weighted by atomic mass is 10.2. The number of hydrogen-bond donors (Lipinski definition) is 0. The van der Waals surface area contributed by atoms with Gasteiger partial charge in [0.05, 0.1) is 5.75 Å². The summed E-state index contributed by atoms with van der Waals surface area (Å²) in [4.78, 5) is 0. The summed E-state index contributed by atoms with van der Waals surface area (Å²) in [6.07, 6.45) is 0. The summed E-state index contributed by atoms with van der Waals surface area (Å²) >= 11 is 5.92. The average molecular weight is 328 g/mol. The monoisotopic (exact) mass is 327 g/mol. The fourth-order valence-corrected chi connectivity index (χ4v) is 3.28. The predicted octanol–water partition coefficient (Wildman–Crippen LogP) is 3.44. The highest BCUT2D eigenvalue weighted by Gasteiger charge is 2.21. The molecule has 0 unspecified atom stereocenters. The van der Waals surface area contributed by atoms with E-state index >= 15 is 0 Å². The van der Waals surface area contributed by atoms with Crippen LogP contribution in [0.5, 0.6) is 0 Å². The van der Waals surface area contributed by atoms with Crippen LogP contribution in [0.3, 0.4) is 0 Å². The van der Waals surface area contributed by atoms with Crippen molar-refractivity contribution < 1.29 is 12.8 Å². The van der Waals surface area contributed by atoms with Gasteiger partial charge in [-0.15, -0.1) is 0 Å². The van der Waals surface area contributed by atoms with Crippen LogP contribution in [-0.2, 0) is 22.3 Å². The molecule has 0 amide bonds. The van der Waals surface area contributed by atoms with Gasteiger partial charge in [0, 0.05) is 24.2 Å². The molecule has 0 N–H and O–H groups in total. The third-order valence-electron chi connectivity index (χ3n) is 3.11. The minimum atomic E-state index is -3.54. The van der Waals surface area contributed by atoms with Crippen molar-refractivity contribution in [2.75, 3.05) is 7.05 Å². The lowest BCUT2D eigenvalue weighted by Crippen LogP contribution is -2.28. The highest BCUT2D eigenvalue weighted by atomic mass is 35.5. The Labute approximate surface area is 129 Å². The van der Waals surface area contributed by atoms with Crippen LogP contribution in [0.4, 0.5) is 4.39 Å². The molecule has 2 rings (SSSR count). The van der Waals surface area contributed by atoms with E-state index in [0.717, 1.165) is 4.31 Å². The third kappa shape index (κ3) is 4.03. The van der Waals surface area contributed by atoms with Crippen molar-refractivity contribution in [3.63, 3.8) is 0 Å². The summed E-state index contributed by atoms with van der Waals surface area (Å²) in [5.74, 6) is -0.639. The molecular formula is C15H15ClFNO2S. The van der Waals surface area contributed by atoms with E-state index in [2.05, 4.69) is 0 Å². The number of halogens is 2. The highest BCUT2D eigenvalue weighted by Crippen LogP contribution is 2.22. The van der Waals surface area contributed by atoms with E-state index in [1.165, 1.54) is 25.2 Å². The smallest absolute Gasteiger partial charge is 0.212 e. The van der Waals surface area contributed by atoms with Crippen molar-refractivity contribution >= 4 is 21.6 Å². The van der Waals surface area contributed by atoms with Gasteiger partial charge in [-0.25, -0.2) is 17.1 Å². The van der Waals surface area contributed by atoms with Gasteiger partial charge >= 0.3 is 0 Å². The molecule has 0 fully saturated rings. The molecule has 0 radical (unpaired) electrons. The van der Waals surface area contributed by atoms with Crippen molar-refractivity contribution in [2.24, 2.45) is 0 Å². The van der Waals surface area contributed by atoms with Gasteiger partial charge in [-0.05, 0) is 17.7 Å². The lowest BCUT2D eigenvalue weighted by Gasteiger charge is -2.18. The Kier molecular flexibility index (Phi) is 4.98. The fraction of sp³-hybridized carbons (Fsp3) is 0.200. The first-order valence-corrected chi connectivity index (χ1v) is 8.29. The molecule has 112 valence electrons. The lowest BCUT2D eigenvalue weighted by molar-refractivity contribution is 0.455. The maximum Gasteiger partial charge on any atom is 0.218 e. The molecule has 3 nitrogen and oxygen atoms in total. The van der Waals surface area contributed by atoms with Crippen LogP contribution in [0.25, 0.3) is 0 Å². The van der Waals surface area contributed by atoms with Crippen LogP contribution in [0.2, 0.25) is 5.02 Å². The zero-order valence-corrected chi connectivity index (χ0v) is 13.0. The van der Waals surface area contributed by atoms with Gasteiger partial charge in [0.2, 0.25) is 10.0 Å². The topological polar surface area (TPSA) is 37.4 Å². The summed E-state index contributed by atoms with van der Waals surface area (Å²) in [6, 6.07) is 13.1. The molecule has 0 atom stereocenters. The molecule has 21 heavy (non-hydrogen) atoms. The third-order valence-corrected chi connectivity index (χ3v) is 5.24. The van der Waals surface area contributed by atoms with Gasteiger partial charge in [0.15, 0.2) is 0 Å². The van der Waals surface area contributed by atoms with Crippen LogP contribution >= 0.6 is 11.6 Å². The molecule has 0 aliphatic rings. The molecular weight excluding hydrogens is 313 g/mol. The second-order valence-corrected chi connectivity index (χ2v) is 7.18. The minimum Gasteiger partial charge on any atom is -0.212 e. The predicted molar refractivity (Wildman–Crippen MR) is 81.9 cm³/mol. The standard InChI is InChI=1S/C15H15ClFNO2S/c1-18(10-13-14(16)8-5-9-15(13)17)21(19,20)11-12-6-3-2-4-7-12/h2-9H,10-11H2,1H3. The summed E-state index contributed by atoms with van der Waals surface area (Å²) in [5.41, 5.74) is 0.863. The molecule has 0 aliphatic carbocycles. The molecule has 0 aromatic heterocycles. The van der Waals surface area contributed by atoms with E-state index in [9.17, 15) is 12.8 Å². The molecule has 0 saturated carbocycles. The van der Waals surface area contributed by atoms with Crippen molar-refractivity contribution in [3.05, 3.63) is 70.5 Å². The Morgan fingerprint density at radius 2 is 1.76 bits per heavy atom. The summed E-state index contributed by atoms with van der Waals surface area (Å²) in [6.45, 7) is -0.0966. The van der Waals surface area contributed by atoms with E-state index < -0.39 is 15.8 Å². The fourth-order valence-electron chi connectivity index (χ4n) is 1.90. The average Bonchev–Trinajstić information content (AvgIpc) is 2.43. The van der Waals surface area contributed by atoms with Crippen LogP contribution in [0, 0.1) is 5.82 Å². The Morgan fingerprint density at radius 3 is 2.38 bits per heavy atom. The van der Waals surface area contributed by atoms with Gasteiger partial charge in [-0.2, -0.15) is 0 Å². The zero-order chi connectivity index (χ0) is 15.5. The molecule has 0 bridgehead atoms. The first kappa shape index (κ1) is 15.9. The second-order valence-electron chi connectivity index (χ2n) is 4.70. The Hall–Kier alpha value is -1.43. The summed E-state index contributed by atoms with van der Waals surface area (Å²) in [7, 11) is -2.12. The van der Waals surface area contributed by atoms with E-state index in [1.807, 2.05) is 6.07 Å². The van der Waals surface area contributed by atoms with Crippen molar-refractivity contribution in [2.45, 2.75) is 12.3 Å². The Balaban J connectivity index is 2.17. The number of benzene rings is 2. The van der Waals surface area contributed by atoms with Crippen LogP contribution in [-0.4, -0.2) is 19.8 Å². The first-order valence-electron chi connectivity index (χ1n) is 6.31. The van der Waals surface area contributed by atoms with Gasteiger partial charge in [0.1, 0.15) is 5.82 Å². The molecule has 0 saturated heterocycles. The normalized spacial score (nSPS) is 11.8. The minimum absolute atomic E-state index is 0.0966. The SMILES string of the molecule is CN(Cc1c(F)cccc1Cl)S(=O)(=O)Cc1ccccc1. The number of rotatable bonds is 5. The maximum atomic E-state index is 13.7. The van der Waals surface area contributed by atoms with E-state index in [0.29, 0.717) is 5.56 Å². The molecule has 0 aliphatic heterocycles. The Morgan fingerprint density at radius 1 is 1.10 bits per heavy atom. The van der Waals surface area contributed by atoms with Crippen molar-refractivity contribution in [1.29, 1.82) is 0 Å². The summed E-state index contributed by atoms with van der Waals surface area (Å²) in [5, 5.41) is 0.219. The first-order chi connectivity index (χ1) is 9.90. The number of hydrogen-bond acceptors (Lipinski definition) is 2. The Bertz CT molecular complexity index is 699. The van der Waals surface area contributed by atoms with Gasteiger partial charge in [-0.1, -0.05) is 48.0 Å². The number of sulfonamides is 1. The quantitative estimate of drug-likeness (QED) is 0.843. The molecule has 2 aromatic carbocycles.